The number of morpholine rings is 1. The molecule has 2 aliphatic rings. The number of benzene rings is 2. The molecule has 0 amide bonds. The summed E-state index contributed by atoms with van der Waals surface area (Å²) in [4.78, 5) is 25.9. The Morgan fingerprint density at radius 3 is 2.66 bits per heavy atom. The normalized spacial score (nSPS) is 14.8. The van der Waals surface area contributed by atoms with E-state index < -0.39 is 4.92 Å². The van der Waals surface area contributed by atoms with E-state index in [9.17, 15) is 10.1 Å². The molecule has 2 N–H and O–H groups in total. The van der Waals surface area contributed by atoms with Crippen molar-refractivity contribution in [2.45, 2.75) is 0 Å². The molecule has 0 radical (unpaired) electrons. The van der Waals surface area contributed by atoms with Gasteiger partial charge in [0.05, 0.1) is 24.4 Å². The molecular weight excluding hydrogens is 524 g/mol. The number of anilines is 4. The van der Waals surface area contributed by atoms with Crippen molar-refractivity contribution in [3.8, 4) is 11.5 Å². The number of ether oxygens (including phenoxy) is 3. The maximum absolute atomic E-state index is 11.1. The highest BCUT2D eigenvalue weighted by Gasteiger charge is 2.18. The Labute approximate surface area is 207 Å². The number of nitrogens with one attached hydrogen (secondary N) is 2. The minimum atomic E-state index is -0.465. The van der Waals surface area contributed by atoms with Crippen LogP contribution in [0.15, 0.2) is 46.0 Å². The van der Waals surface area contributed by atoms with Crippen LogP contribution in [-0.2, 0) is 4.74 Å². The molecule has 2 aliphatic heterocycles. The molecule has 0 bridgehead atoms. The van der Waals surface area contributed by atoms with Gasteiger partial charge in [0.25, 0.3) is 5.69 Å². The number of hydrogen-bond acceptors (Lipinski definition) is 12. The third-order valence-electron chi connectivity index (χ3n) is 5.09. The molecule has 3 heterocycles. The first-order valence-corrected chi connectivity index (χ1v) is 11.3. The Kier molecular flexibility index (Phi) is 6.54. The molecule has 1 aromatic heterocycles. The van der Waals surface area contributed by atoms with Crippen molar-refractivity contribution in [1.29, 1.82) is 0 Å². The molecule has 180 valence electrons. The molecule has 3 aromatic rings. The zero-order valence-corrected chi connectivity index (χ0v) is 19.8. The van der Waals surface area contributed by atoms with E-state index in [-0.39, 0.29) is 24.4 Å². The quantitative estimate of drug-likeness (QED) is 0.257. The molecule has 35 heavy (non-hydrogen) atoms. The van der Waals surface area contributed by atoms with Gasteiger partial charge in [-0.2, -0.15) is 20.1 Å². The summed E-state index contributed by atoms with van der Waals surface area (Å²) in [6.45, 7) is 2.52. The lowest BCUT2D eigenvalue weighted by Gasteiger charge is -2.27. The number of halogens is 1. The van der Waals surface area contributed by atoms with Gasteiger partial charge in [0.15, 0.2) is 11.5 Å². The van der Waals surface area contributed by atoms with Crippen LogP contribution >= 0.6 is 15.9 Å². The predicted octanol–water partition coefficient (Wildman–Crippen LogP) is 3.30. The van der Waals surface area contributed by atoms with E-state index in [0.29, 0.717) is 49.4 Å². The van der Waals surface area contributed by atoms with Crippen molar-refractivity contribution in [2.24, 2.45) is 5.10 Å². The standard InChI is InChI=1S/C21H19BrN8O5/c22-16-10-18-17(34-12-35-18)8-13(16)11-23-28-20-25-19(24-14-2-1-3-15(9-14)30(31)32)26-21(27-20)29-4-6-33-7-5-29/h1-3,8-11H,4-7,12H2,(H2,24,25,26,27,28)/b23-11+. The summed E-state index contributed by atoms with van der Waals surface area (Å²) in [5.41, 5.74) is 4.02. The fraction of sp³-hybridized carbons (Fsp3) is 0.238. The number of hydrogen-bond donors (Lipinski definition) is 2. The second-order valence-corrected chi connectivity index (χ2v) is 8.27. The van der Waals surface area contributed by atoms with Crippen molar-refractivity contribution in [3.05, 3.63) is 56.5 Å². The van der Waals surface area contributed by atoms with Gasteiger partial charge in [-0.15, -0.1) is 0 Å². The lowest BCUT2D eigenvalue weighted by atomic mass is 10.2. The molecule has 5 rings (SSSR count). The molecule has 0 spiro atoms. The summed E-state index contributed by atoms with van der Waals surface area (Å²) in [6.07, 6.45) is 1.60. The van der Waals surface area contributed by atoms with Crippen molar-refractivity contribution in [2.75, 3.05) is 48.7 Å². The van der Waals surface area contributed by atoms with Gasteiger partial charge in [-0.05, 0) is 34.1 Å². The van der Waals surface area contributed by atoms with Gasteiger partial charge < -0.3 is 24.4 Å². The van der Waals surface area contributed by atoms with E-state index >= 15 is 0 Å². The molecular formula is C21H19BrN8O5. The molecule has 1 saturated heterocycles. The molecule has 2 aromatic carbocycles. The number of rotatable bonds is 7. The van der Waals surface area contributed by atoms with E-state index in [1.807, 2.05) is 11.0 Å². The van der Waals surface area contributed by atoms with Gasteiger partial charge in [-0.1, -0.05) is 6.07 Å². The number of fused-ring (bicyclic) bond motifs is 1. The Morgan fingerprint density at radius 1 is 1.09 bits per heavy atom. The Bertz CT molecular complexity index is 1280. The summed E-state index contributed by atoms with van der Waals surface area (Å²) in [5, 5.41) is 18.4. The van der Waals surface area contributed by atoms with E-state index in [2.05, 4.69) is 46.7 Å². The highest BCUT2D eigenvalue weighted by atomic mass is 79.9. The zero-order valence-electron chi connectivity index (χ0n) is 18.2. The summed E-state index contributed by atoms with van der Waals surface area (Å²) >= 11 is 3.49. The van der Waals surface area contributed by atoms with Crippen molar-refractivity contribution in [3.63, 3.8) is 0 Å². The molecule has 0 saturated carbocycles. The lowest BCUT2D eigenvalue weighted by molar-refractivity contribution is -0.384. The molecule has 14 heteroatoms. The van der Waals surface area contributed by atoms with Crippen molar-refractivity contribution in [1.82, 2.24) is 15.0 Å². The monoisotopic (exact) mass is 542 g/mol. The summed E-state index contributed by atoms with van der Waals surface area (Å²) < 4.78 is 17.0. The minimum absolute atomic E-state index is 0.0466. The van der Waals surface area contributed by atoms with E-state index in [0.717, 1.165) is 10.0 Å². The molecule has 0 aliphatic carbocycles. The lowest BCUT2D eigenvalue weighted by Crippen LogP contribution is -2.37. The van der Waals surface area contributed by atoms with Crippen LogP contribution < -0.4 is 25.1 Å². The van der Waals surface area contributed by atoms with Gasteiger partial charge in [0, 0.05) is 40.9 Å². The number of hydrazone groups is 1. The fourth-order valence-corrected chi connectivity index (χ4v) is 3.82. The van der Waals surface area contributed by atoms with Crippen LogP contribution in [0.2, 0.25) is 0 Å². The van der Waals surface area contributed by atoms with Gasteiger partial charge in [0.2, 0.25) is 24.6 Å². The molecule has 13 nitrogen and oxygen atoms in total. The van der Waals surface area contributed by atoms with Crippen molar-refractivity contribution >= 4 is 51.4 Å². The Hall–Kier alpha value is -4.04. The highest BCUT2D eigenvalue weighted by Crippen LogP contribution is 2.36. The summed E-state index contributed by atoms with van der Waals surface area (Å²) in [7, 11) is 0. The van der Waals surface area contributed by atoms with Gasteiger partial charge in [-0.3, -0.25) is 10.1 Å². The summed E-state index contributed by atoms with van der Waals surface area (Å²) in [5.74, 6) is 2.13. The van der Waals surface area contributed by atoms with Gasteiger partial charge in [0.1, 0.15) is 0 Å². The minimum Gasteiger partial charge on any atom is -0.454 e. The number of aromatic nitrogens is 3. The zero-order chi connectivity index (χ0) is 24.2. The first-order chi connectivity index (χ1) is 17.0. The first kappa shape index (κ1) is 22.7. The second-order valence-electron chi connectivity index (χ2n) is 7.41. The van der Waals surface area contributed by atoms with Crippen LogP contribution in [0.4, 0.5) is 29.2 Å². The maximum Gasteiger partial charge on any atom is 0.271 e. The maximum atomic E-state index is 11.1. The van der Waals surface area contributed by atoms with Crippen LogP contribution in [0.1, 0.15) is 5.56 Å². The SMILES string of the molecule is O=[N+]([O-])c1cccc(Nc2nc(N/N=C/c3cc4c(cc3Br)OCO4)nc(N3CCOCC3)n2)c1. The molecule has 0 unspecified atom stereocenters. The predicted molar refractivity (Wildman–Crippen MR) is 131 cm³/mol. The number of nitrogens with zero attached hydrogens (tertiary/aromatic N) is 6. The van der Waals surface area contributed by atoms with Crippen LogP contribution in [0.25, 0.3) is 0 Å². The number of non-ortho nitro benzene ring substituents is 1. The fourth-order valence-electron chi connectivity index (χ4n) is 3.39. The van der Waals surface area contributed by atoms with Crippen LogP contribution in [0.3, 0.4) is 0 Å². The smallest absolute Gasteiger partial charge is 0.271 e. The van der Waals surface area contributed by atoms with E-state index in [1.54, 1.807) is 24.4 Å². The number of nitro benzene ring substituents is 1. The second kappa shape index (κ2) is 10.1. The average molecular weight is 543 g/mol. The molecule has 1 fully saturated rings. The Balaban J connectivity index is 1.39. The largest absolute Gasteiger partial charge is 0.454 e. The molecule has 0 atom stereocenters. The average Bonchev–Trinajstić information content (AvgIpc) is 3.32. The third-order valence-corrected chi connectivity index (χ3v) is 5.78. The first-order valence-electron chi connectivity index (χ1n) is 10.5. The summed E-state index contributed by atoms with van der Waals surface area (Å²) in [6, 6.07) is 9.70. The topological polar surface area (TPSA) is 149 Å². The van der Waals surface area contributed by atoms with Gasteiger partial charge in [-0.25, -0.2) is 5.43 Å². The third kappa shape index (κ3) is 5.38. The van der Waals surface area contributed by atoms with E-state index in [1.165, 1.54) is 12.1 Å². The highest BCUT2D eigenvalue weighted by molar-refractivity contribution is 9.10. The van der Waals surface area contributed by atoms with Crippen LogP contribution in [-0.4, -0.2) is 59.2 Å². The number of nitro groups is 1. The van der Waals surface area contributed by atoms with Crippen LogP contribution in [0, 0.1) is 10.1 Å². The van der Waals surface area contributed by atoms with Crippen molar-refractivity contribution < 1.29 is 19.1 Å². The van der Waals surface area contributed by atoms with Crippen LogP contribution in [0.5, 0.6) is 11.5 Å². The van der Waals surface area contributed by atoms with Gasteiger partial charge >= 0.3 is 0 Å². The Morgan fingerprint density at radius 2 is 1.86 bits per heavy atom. The van der Waals surface area contributed by atoms with E-state index in [4.69, 9.17) is 14.2 Å².